The molecule has 2 N–H and O–H groups in total. The fraction of sp³-hybridized carbons (Fsp3) is 0.882. The number of aliphatic carboxylic acids is 1. The second-order valence-electron chi connectivity index (χ2n) is 7.83. The van der Waals surface area contributed by atoms with Gasteiger partial charge in [0.1, 0.15) is 5.54 Å². The number of hydrogen-bond acceptors (Lipinski definition) is 2. The highest BCUT2D eigenvalue weighted by Gasteiger charge is 2.51. The van der Waals surface area contributed by atoms with Crippen LogP contribution in [0.25, 0.3) is 0 Å². The molecule has 4 rings (SSSR count). The van der Waals surface area contributed by atoms with Crippen molar-refractivity contribution in [3.63, 3.8) is 0 Å². The minimum Gasteiger partial charge on any atom is -0.480 e. The van der Waals surface area contributed by atoms with Gasteiger partial charge in [0.05, 0.1) is 0 Å². The molecule has 21 heavy (non-hydrogen) atoms. The Morgan fingerprint density at radius 2 is 1.62 bits per heavy atom. The van der Waals surface area contributed by atoms with Gasteiger partial charge in [-0.15, -0.1) is 0 Å². The predicted octanol–water partition coefficient (Wildman–Crippen LogP) is 2.82. The Kier molecular flexibility index (Phi) is 3.74. The molecule has 1 atom stereocenters. The first-order chi connectivity index (χ1) is 9.93. The number of carbonyl (C=O) groups is 2. The zero-order valence-corrected chi connectivity index (χ0v) is 13.1. The molecule has 4 bridgehead atoms. The third-order valence-corrected chi connectivity index (χ3v) is 6.15. The van der Waals surface area contributed by atoms with Crippen molar-refractivity contribution in [3.8, 4) is 0 Å². The van der Waals surface area contributed by atoms with Crippen LogP contribution in [0.5, 0.6) is 0 Å². The molecule has 0 aliphatic heterocycles. The SMILES string of the molecule is CCCC(C)(NC(=O)C1C2CC3CC(C2)CC1C3)C(=O)O. The van der Waals surface area contributed by atoms with Crippen molar-refractivity contribution in [1.29, 1.82) is 0 Å². The van der Waals surface area contributed by atoms with E-state index in [0.29, 0.717) is 18.3 Å². The minimum absolute atomic E-state index is 0.00199. The number of nitrogens with one attached hydrogen (secondary N) is 1. The smallest absolute Gasteiger partial charge is 0.329 e. The maximum absolute atomic E-state index is 12.8. The fourth-order valence-electron chi connectivity index (χ4n) is 5.43. The van der Waals surface area contributed by atoms with Gasteiger partial charge >= 0.3 is 5.97 Å². The molecule has 0 radical (unpaired) electrons. The van der Waals surface area contributed by atoms with E-state index in [-0.39, 0.29) is 11.8 Å². The molecule has 0 aromatic rings. The average molecular weight is 293 g/mol. The van der Waals surface area contributed by atoms with Crippen LogP contribution in [0.1, 0.15) is 58.8 Å². The lowest BCUT2D eigenvalue weighted by atomic mass is 9.51. The summed E-state index contributed by atoms with van der Waals surface area (Å²) in [7, 11) is 0. The van der Waals surface area contributed by atoms with Gasteiger partial charge < -0.3 is 10.4 Å². The molecular weight excluding hydrogens is 266 g/mol. The summed E-state index contributed by atoms with van der Waals surface area (Å²) >= 11 is 0. The van der Waals surface area contributed by atoms with E-state index < -0.39 is 11.5 Å². The highest BCUT2D eigenvalue weighted by molar-refractivity contribution is 5.88. The Balaban J connectivity index is 1.72. The summed E-state index contributed by atoms with van der Waals surface area (Å²) in [6.07, 6.45) is 7.34. The van der Waals surface area contributed by atoms with E-state index in [9.17, 15) is 14.7 Å². The van der Waals surface area contributed by atoms with Gasteiger partial charge in [-0.1, -0.05) is 13.3 Å². The van der Waals surface area contributed by atoms with Crippen molar-refractivity contribution in [2.45, 2.75) is 64.3 Å². The number of carboxylic acids is 1. The summed E-state index contributed by atoms with van der Waals surface area (Å²) in [5, 5.41) is 12.3. The molecule has 4 saturated carbocycles. The molecule has 0 aromatic heterocycles. The summed E-state index contributed by atoms with van der Waals surface area (Å²) in [5.41, 5.74) is -1.11. The van der Waals surface area contributed by atoms with Crippen molar-refractivity contribution in [1.82, 2.24) is 5.32 Å². The first-order valence-electron chi connectivity index (χ1n) is 8.48. The van der Waals surface area contributed by atoms with Crippen LogP contribution >= 0.6 is 0 Å². The lowest BCUT2D eigenvalue weighted by molar-refractivity contribution is -0.151. The van der Waals surface area contributed by atoms with Gasteiger partial charge in [-0.3, -0.25) is 4.79 Å². The maximum atomic E-state index is 12.8. The van der Waals surface area contributed by atoms with Gasteiger partial charge in [-0.25, -0.2) is 4.79 Å². The maximum Gasteiger partial charge on any atom is 0.329 e. The van der Waals surface area contributed by atoms with Crippen molar-refractivity contribution >= 4 is 11.9 Å². The molecule has 0 heterocycles. The van der Waals surface area contributed by atoms with Crippen molar-refractivity contribution in [3.05, 3.63) is 0 Å². The topological polar surface area (TPSA) is 66.4 Å². The second-order valence-corrected chi connectivity index (χ2v) is 7.83. The van der Waals surface area contributed by atoms with Crippen LogP contribution in [0, 0.1) is 29.6 Å². The van der Waals surface area contributed by atoms with Crippen molar-refractivity contribution in [2.24, 2.45) is 29.6 Å². The molecule has 1 unspecified atom stereocenters. The van der Waals surface area contributed by atoms with E-state index in [2.05, 4.69) is 5.32 Å². The van der Waals surface area contributed by atoms with E-state index in [0.717, 1.165) is 18.3 Å². The molecule has 118 valence electrons. The molecule has 4 fully saturated rings. The number of amides is 1. The molecule has 4 aliphatic rings. The van der Waals surface area contributed by atoms with Gasteiger partial charge in [0.25, 0.3) is 0 Å². The van der Waals surface area contributed by atoms with Gasteiger partial charge in [0, 0.05) is 5.92 Å². The van der Waals surface area contributed by atoms with E-state index in [1.54, 1.807) is 6.92 Å². The van der Waals surface area contributed by atoms with Crippen LogP contribution in [0.3, 0.4) is 0 Å². The quantitative estimate of drug-likeness (QED) is 0.819. The van der Waals surface area contributed by atoms with Crippen LogP contribution in [0.15, 0.2) is 0 Å². The summed E-state index contributed by atoms with van der Waals surface area (Å²) in [5.74, 6) is 1.81. The molecule has 1 amide bonds. The van der Waals surface area contributed by atoms with Crippen molar-refractivity contribution in [2.75, 3.05) is 0 Å². The Hall–Kier alpha value is -1.06. The number of carboxylic acid groups (broad SMARTS) is 1. The Morgan fingerprint density at radius 3 is 2.05 bits per heavy atom. The van der Waals surface area contributed by atoms with Gasteiger partial charge in [0.15, 0.2) is 0 Å². The lowest BCUT2D eigenvalue weighted by Gasteiger charge is -2.54. The molecular formula is C17H27NO3. The highest BCUT2D eigenvalue weighted by atomic mass is 16.4. The zero-order valence-electron chi connectivity index (χ0n) is 13.1. The van der Waals surface area contributed by atoms with E-state index in [1.807, 2.05) is 6.92 Å². The largest absolute Gasteiger partial charge is 0.480 e. The summed E-state index contributed by atoms with van der Waals surface area (Å²) in [6.45, 7) is 3.60. The monoisotopic (exact) mass is 293 g/mol. The van der Waals surface area contributed by atoms with Gasteiger partial charge in [-0.2, -0.15) is 0 Å². The molecule has 4 heteroatoms. The normalized spacial score (nSPS) is 39.8. The third-order valence-electron chi connectivity index (χ3n) is 6.15. The van der Waals surface area contributed by atoms with Gasteiger partial charge in [-0.05, 0) is 69.1 Å². The minimum atomic E-state index is -1.11. The number of rotatable bonds is 5. The average Bonchev–Trinajstić information content (AvgIpc) is 2.37. The summed E-state index contributed by atoms with van der Waals surface area (Å²) in [4.78, 5) is 24.3. The van der Waals surface area contributed by atoms with Crippen LogP contribution in [0.2, 0.25) is 0 Å². The van der Waals surface area contributed by atoms with Crippen LogP contribution in [-0.4, -0.2) is 22.5 Å². The molecule has 0 aromatic carbocycles. The standard InChI is InChI=1S/C17H27NO3/c1-3-4-17(2,16(20)21)18-15(19)14-12-6-10-5-11(8-12)9-13(14)7-10/h10-14H,3-9H2,1-2H3,(H,18,19)(H,20,21). The Morgan fingerprint density at radius 1 is 1.10 bits per heavy atom. The predicted molar refractivity (Wildman–Crippen MR) is 79.6 cm³/mol. The molecule has 0 saturated heterocycles. The first kappa shape index (κ1) is 14.9. The first-order valence-corrected chi connectivity index (χ1v) is 8.48. The van der Waals surface area contributed by atoms with Crippen LogP contribution in [0.4, 0.5) is 0 Å². The molecule has 4 nitrogen and oxygen atoms in total. The van der Waals surface area contributed by atoms with Crippen LogP contribution < -0.4 is 5.32 Å². The van der Waals surface area contributed by atoms with E-state index in [4.69, 9.17) is 0 Å². The van der Waals surface area contributed by atoms with E-state index in [1.165, 1.54) is 32.1 Å². The Bertz CT molecular complexity index is 419. The molecule has 0 spiro atoms. The van der Waals surface area contributed by atoms with Crippen molar-refractivity contribution < 1.29 is 14.7 Å². The highest BCUT2D eigenvalue weighted by Crippen LogP contribution is 2.56. The van der Waals surface area contributed by atoms with Crippen LogP contribution in [-0.2, 0) is 9.59 Å². The Labute approximate surface area is 126 Å². The fourth-order valence-corrected chi connectivity index (χ4v) is 5.43. The summed E-state index contributed by atoms with van der Waals surface area (Å²) < 4.78 is 0. The molecule has 4 aliphatic carbocycles. The van der Waals surface area contributed by atoms with Gasteiger partial charge in [0.2, 0.25) is 5.91 Å². The second kappa shape index (κ2) is 5.29. The number of carbonyl (C=O) groups excluding carboxylic acids is 1. The number of hydrogen-bond donors (Lipinski definition) is 2. The summed E-state index contributed by atoms with van der Waals surface area (Å²) in [6, 6.07) is 0. The van der Waals surface area contributed by atoms with E-state index >= 15 is 0 Å². The zero-order chi connectivity index (χ0) is 15.2. The third kappa shape index (κ3) is 2.58. The lowest BCUT2D eigenvalue weighted by Crippen LogP contribution is -2.58.